The van der Waals surface area contributed by atoms with E-state index in [0.717, 1.165) is 22.1 Å². The van der Waals surface area contributed by atoms with Gasteiger partial charge in [0, 0.05) is 13.5 Å². The highest BCUT2D eigenvalue weighted by Gasteiger charge is 2.25. The molecule has 2 aromatic rings. The van der Waals surface area contributed by atoms with Crippen molar-refractivity contribution < 1.29 is 19.1 Å². The van der Waals surface area contributed by atoms with Crippen LogP contribution in [0.15, 0.2) is 36.4 Å². The molecule has 132 valence electrons. The molecule has 0 spiro atoms. The number of morpholine rings is 1. The van der Waals surface area contributed by atoms with Gasteiger partial charge in [-0.1, -0.05) is 18.2 Å². The topological polar surface area (TPSA) is 67.9 Å². The second-order valence-electron chi connectivity index (χ2n) is 6.08. The van der Waals surface area contributed by atoms with Gasteiger partial charge in [-0.25, -0.2) is 0 Å². The monoisotopic (exact) mass is 342 g/mol. The number of carbonyl (C=O) groups is 2. The zero-order chi connectivity index (χ0) is 17.8. The van der Waals surface area contributed by atoms with Crippen LogP contribution in [0.5, 0.6) is 5.75 Å². The van der Waals surface area contributed by atoms with E-state index in [1.807, 2.05) is 30.3 Å². The fourth-order valence-electron chi connectivity index (χ4n) is 2.96. The van der Waals surface area contributed by atoms with E-state index in [0.29, 0.717) is 19.7 Å². The predicted octanol–water partition coefficient (Wildman–Crippen LogP) is 1.88. The largest absolute Gasteiger partial charge is 0.497 e. The van der Waals surface area contributed by atoms with Crippen molar-refractivity contribution in [3.63, 3.8) is 0 Å². The van der Waals surface area contributed by atoms with Crippen LogP contribution in [0, 0.1) is 0 Å². The smallest absolute Gasteiger partial charge is 0.242 e. The molecular formula is C19H22N2O4. The van der Waals surface area contributed by atoms with Crippen molar-refractivity contribution in [3.05, 3.63) is 42.0 Å². The number of carbonyl (C=O) groups excluding carboxylic acids is 2. The van der Waals surface area contributed by atoms with Crippen LogP contribution < -0.4 is 10.1 Å². The van der Waals surface area contributed by atoms with Crippen LogP contribution >= 0.6 is 0 Å². The summed E-state index contributed by atoms with van der Waals surface area (Å²) in [6.45, 7) is 2.94. The Labute approximate surface area is 146 Å². The Morgan fingerprint density at radius 2 is 2.00 bits per heavy atom. The lowest BCUT2D eigenvalue weighted by Crippen LogP contribution is -2.46. The van der Waals surface area contributed by atoms with Crippen molar-refractivity contribution in [2.45, 2.75) is 13.0 Å². The van der Waals surface area contributed by atoms with E-state index in [-0.39, 0.29) is 24.5 Å². The molecule has 25 heavy (non-hydrogen) atoms. The van der Waals surface area contributed by atoms with Gasteiger partial charge in [0.05, 0.1) is 26.8 Å². The van der Waals surface area contributed by atoms with E-state index in [1.54, 1.807) is 12.0 Å². The van der Waals surface area contributed by atoms with Crippen molar-refractivity contribution in [2.75, 3.05) is 33.4 Å². The summed E-state index contributed by atoms with van der Waals surface area (Å²) in [7, 11) is 1.65. The minimum absolute atomic E-state index is 0.0273. The van der Waals surface area contributed by atoms with E-state index < -0.39 is 0 Å². The molecule has 0 radical (unpaired) electrons. The van der Waals surface area contributed by atoms with Gasteiger partial charge in [-0.15, -0.1) is 0 Å². The molecule has 0 bridgehead atoms. The number of fused-ring (bicyclic) bond motifs is 1. The van der Waals surface area contributed by atoms with E-state index >= 15 is 0 Å². The summed E-state index contributed by atoms with van der Waals surface area (Å²) in [4.78, 5) is 24.9. The number of nitrogens with one attached hydrogen (secondary N) is 1. The number of methoxy groups -OCH3 is 1. The minimum atomic E-state index is -0.205. The second-order valence-corrected chi connectivity index (χ2v) is 6.08. The third-order valence-corrected chi connectivity index (χ3v) is 4.35. The lowest BCUT2D eigenvalue weighted by Gasteiger charge is -2.33. The fourth-order valence-corrected chi connectivity index (χ4v) is 2.96. The molecule has 1 atom stereocenters. The summed E-state index contributed by atoms with van der Waals surface area (Å²) >= 11 is 0. The van der Waals surface area contributed by atoms with E-state index in [2.05, 4.69) is 11.4 Å². The number of amides is 2. The Kier molecular flexibility index (Phi) is 5.19. The Morgan fingerprint density at radius 3 is 2.76 bits per heavy atom. The van der Waals surface area contributed by atoms with Crippen LogP contribution in [0.1, 0.15) is 18.6 Å². The third-order valence-electron chi connectivity index (χ3n) is 4.35. The molecule has 1 unspecified atom stereocenters. The maximum atomic E-state index is 12.2. The van der Waals surface area contributed by atoms with Crippen LogP contribution in [0.25, 0.3) is 10.8 Å². The average Bonchev–Trinajstić information content (AvgIpc) is 2.65. The predicted molar refractivity (Wildman–Crippen MR) is 94.5 cm³/mol. The summed E-state index contributed by atoms with van der Waals surface area (Å²) in [6, 6.07) is 12.1. The molecule has 1 N–H and O–H groups in total. The molecule has 2 amide bonds. The van der Waals surface area contributed by atoms with Crippen LogP contribution in [-0.2, 0) is 14.3 Å². The molecule has 6 nitrogen and oxygen atoms in total. The van der Waals surface area contributed by atoms with Gasteiger partial charge in [-0.3, -0.25) is 9.59 Å². The number of nitrogens with zero attached hydrogens (tertiary/aromatic N) is 1. The molecule has 1 fully saturated rings. The maximum Gasteiger partial charge on any atom is 0.242 e. The van der Waals surface area contributed by atoms with Crippen molar-refractivity contribution in [1.82, 2.24) is 10.2 Å². The van der Waals surface area contributed by atoms with Gasteiger partial charge in [0.15, 0.2) is 0 Å². The zero-order valence-electron chi connectivity index (χ0n) is 14.5. The summed E-state index contributed by atoms with van der Waals surface area (Å²) in [6.07, 6.45) is -0.165. The van der Waals surface area contributed by atoms with Crippen LogP contribution in [0.4, 0.5) is 0 Å². The Morgan fingerprint density at radius 1 is 1.24 bits per heavy atom. The van der Waals surface area contributed by atoms with Gasteiger partial charge >= 0.3 is 0 Å². The van der Waals surface area contributed by atoms with Crippen molar-refractivity contribution >= 4 is 22.6 Å². The summed E-state index contributed by atoms with van der Waals surface area (Å²) in [5.74, 6) is 0.529. The maximum absolute atomic E-state index is 12.2. The zero-order valence-corrected chi connectivity index (χ0v) is 14.5. The van der Waals surface area contributed by atoms with Crippen molar-refractivity contribution in [2.24, 2.45) is 0 Å². The molecule has 1 aliphatic heterocycles. The molecule has 0 aromatic heterocycles. The molecule has 6 heteroatoms. The highest BCUT2D eigenvalue weighted by Crippen LogP contribution is 2.27. The molecule has 2 aromatic carbocycles. The number of rotatable bonds is 4. The molecule has 3 rings (SSSR count). The third kappa shape index (κ3) is 4.09. The van der Waals surface area contributed by atoms with E-state index in [1.165, 1.54) is 6.92 Å². The Hall–Kier alpha value is -2.60. The van der Waals surface area contributed by atoms with Gasteiger partial charge in [0.1, 0.15) is 11.9 Å². The van der Waals surface area contributed by atoms with Crippen LogP contribution in [0.2, 0.25) is 0 Å². The number of ether oxygens (including phenoxy) is 2. The second kappa shape index (κ2) is 7.53. The van der Waals surface area contributed by atoms with Crippen molar-refractivity contribution in [1.29, 1.82) is 0 Å². The molecular weight excluding hydrogens is 320 g/mol. The number of benzene rings is 2. The first-order valence-corrected chi connectivity index (χ1v) is 8.28. The van der Waals surface area contributed by atoms with Gasteiger partial charge in [-0.05, 0) is 34.5 Å². The first-order chi connectivity index (χ1) is 12.1. The molecule has 0 aliphatic carbocycles. The summed E-state index contributed by atoms with van der Waals surface area (Å²) < 4.78 is 11.1. The first-order valence-electron chi connectivity index (χ1n) is 8.28. The molecule has 1 saturated heterocycles. The van der Waals surface area contributed by atoms with Gasteiger partial charge in [0.25, 0.3) is 0 Å². The van der Waals surface area contributed by atoms with Gasteiger partial charge < -0.3 is 19.7 Å². The average molecular weight is 342 g/mol. The lowest BCUT2D eigenvalue weighted by atomic mass is 10.0. The standard InChI is InChI=1S/C19H22N2O4/c1-13(22)20-11-19(23)21-7-8-25-18(12-21)16-4-3-15-10-17(24-2)6-5-14(15)9-16/h3-6,9-10,18H,7-8,11-12H2,1-2H3,(H,20,22). The quantitative estimate of drug-likeness (QED) is 0.921. The molecule has 0 saturated carbocycles. The normalized spacial score (nSPS) is 17.4. The van der Waals surface area contributed by atoms with Gasteiger partial charge in [0.2, 0.25) is 11.8 Å². The van der Waals surface area contributed by atoms with Crippen molar-refractivity contribution in [3.8, 4) is 5.75 Å². The SMILES string of the molecule is COc1ccc2cc(C3CN(C(=O)CNC(C)=O)CCO3)ccc2c1. The summed E-state index contributed by atoms with van der Waals surface area (Å²) in [5.41, 5.74) is 1.04. The number of hydrogen-bond donors (Lipinski definition) is 1. The molecule has 1 heterocycles. The lowest BCUT2D eigenvalue weighted by molar-refractivity contribution is -0.139. The molecule has 1 aliphatic rings. The highest BCUT2D eigenvalue weighted by atomic mass is 16.5. The van der Waals surface area contributed by atoms with Gasteiger partial charge in [-0.2, -0.15) is 0 Å². The number of hydrogen-bond acceptors (Lipinski definition) is 4. The first kappa shape index (κ1) is 17.2. The Bertz CT molecular complexity index is 790. The van der Waals surface area contributed by atoms with E-state index in [4.69, 9.17) is 9.47 Å². The van der Waals surface area contributed by atoms with E-state index in [9.17, 15) is 9.59 Å². The van der Waals surface area contributed by atoms with Crippen LogP contribution in [0.3, 0.4) is 0 Å². The van der Waals surface area contributed by atoms with Crippen LogP contribution in [-0.4, -0.2) is 50.1 Å². The summed E-state index contributed by atoms with van der Waals surface area (Å²) in [5, 5.41) is 4.74. The minimum Gasteiger partial charge on any atom is -0.497 e. The Balaban J connectivity index is 1.73. The fraction of sp³-hybridized carbons (Fsp3) is 0.368. The highest BCUT2D eigenvalue weighted by molar-refractivity contribution is 5.85.